The maximum absolute atomic E-state index is 5.16. The molecule has 1 aromatic rings. The highest BCUT2D eigenvalue weighted by Gasteiger charge is 1.96. The lowest BCUT2D eigenvalue weighted by Gasteiger charge is -2.02. The SMILES string of the molecule is CCCCCCCCCCCCCCC/C=C/c1nnc(S)o1. The largest absolute Gasteiger partial charge is 0.412 e. The first-order valence-corrected chi connectivity index (χ1v) is 9.96. The number of hydrogen-bond acceptors (Lipinski definition) is 4. The Morgan fingerprint density at radius 1 is 0.783 bits per heavy atom. The molecular formula is C19H34N2OS. The monoisotopic (exact) mass is 338 g/mol. The van der Waals surface area contributed by atoms with Gasteiger partial charge in [-0.1, -0.05) is 103 Å². The smallest absolute Gasteiger partial charge is 0.273 e. The first-order chi connectivity index (χ1) is 11.3. The molecule has 1 aromatic heterocycles. The van der Waals surface area contributed by atoms with E-state index in [-0.39, 0.29) is 0 Å². The van der Waals surface area contributed by atoms with Crippen LogP contribution in [0, 0.1) is 0 Å². The van der Waals surface area contributed by atoms with Crippen molar-refractivity contribution in [3.63, 3.8) is 0 Å². The lowest BCUT2D eigenvalue weighted by Crippen LogP contribution is -1.82. The molecule has 0 bridgehead atoms. The average molecular weight is 339 g/mol. The Morgan fingerprint density at radius 3 is 1.78 bits per heavy atom. The van der Waals surface area contributed by atoms with Crippen LogP contribution in [0.25, 0.3) is 6.08 Å². The van der Waals surface area contributed by atoms with E-state index in [1.807, 2.05) is 6.08 Å². The minimum atomic E-state index is 0.325. The highest BCUT2D eigenvalue weighted by atomic mass is 32.1. The summed E-state index contributed by atoms with van der Waals surface area (Å²) in [6.45, 7) is 2.28. The number of nitrogens with zero attached hydrogens (tertiary/aromatic N) is 2. The van der Waals surface area contributed by atoms with Crippen LogP contribution in [0.2, 0.25) is 0 Å². The standard InChI is InChI=1S/C19H34N2OS/c1-2-3-4-5-6-7-8-9-10-11-12-13-14-15-16-17-18-20-21-19(23)22-18/h16-17H,2-15H2,1H3,(H,21,23)/b17-16+. The Labute approximate surface area is 147 Å². The molecule has 0 saturated heterocycles. The fraction of sp³-hybridized carbons (Fsp3) is 0.789. The van der Waals surface area contributed by atoms with Crippen molar-refractivity contribution in [3.8, 4) is 0 Å². The van der Waals surface area contributed by atoms with Gasteiger partial charge >= 0.3 is 0 Å². The Hall–Kier alpha value is -0.770. The predicted octanol–water partition coefficient (Wildman–Crippen LogP) is 6.85. The van der Waals surface area contributed by atoms with Crippen molar-refractivity contribution in [2.75, 3.05) is 0 Å². The number of rotatable bonds is 15. The minimum absolute atomic E-state index is 0.325. The van der Waals surface area contributed by atoms with Gasteiger partial charge in [0.1, 0.15) is 0 Å². The second-order valence-electron chi connectivity index (χ2n) is 6.36. The molecular weight excluding hydrogens is 304 g/mol. The van der Waals surface area contributed by atoms with E-state index in [9.17, 15) is 0 Å². The van der Waals surface area contributed by atoms with Gasteiger partial charge in [-0.15, -0.1) is 10.2 Å². The topological polar surface area (TPSA) is 38.9 Å². The first-order valence-electron chi connectivity index (χ1n) is 9.52. The van der Waals surface area contributed by atoms with Crippen LogP contribution < -0.4 is 0 Å². The van der Waals surface area contributed by atoms with Gasteiger partial charge in [0.15, 0.2) is 0 Å². The van der Waals surface area contributed by atoms with Crippen LogP contribution in [0.3, 0.4) is 0 Å². The molecule has 0 atom stereocenters. The summed E-state index contributed by atoms with van der Waals surface area (Å²) in [6, 6.07) is 0. The molecule has 23 heavy (non-hydrogen) atoms. The van der Waals surface area contributed by atoms with Crippen LogP contribution in [0.5, 0.6) is 0 Å². The average Bonchev–Trinajstić information content (AvgIpc) is 2.96. The van der Waals surface area contributed by atoms with E-state index in [4.69, 9.17) is 4.42 Å². The van der Waals surface area contributed by atoms with E-state index < -0.39 is 0 Å². The third-order valence-corrected chi connectivity index (χ3v) is 4.35. The highest BCUT2D eigenvalue weighted by Crippen LogP contribution is 2.13. The summed E-state index contributed by atoms with van der Waals surface area (Å²) in [6.07, 6.45) is 23.2. The normalized spacial score (nSPS) is 11.6. The molecule has 3 nitrogen and oxygen atoms in total. The zero-order chi connectivity index (χ0) is 16.6. The van der Waals surface area contributed by atoms with Crippen molar-refractivity contribution < 1.29 is 4.42 Å². The number of aromatic nitrogens is 2. The molecule has 0 aromatic carbocycles. The van der Waals surface area contributed by atoms with E-state index >= 15 is 0 Å². The van der Waals surface area contributed by atoms with Gasteiger partial charge in [-0.3, -0.25) is 0 Å². The Morgan fingerprint density at radius 2 is 1.30 bits per heavy atom. The van der Waals surface area contributed by atoms with Crippen LogP contribution in [0.4, 0.5) is 0 Å². The molecule has 0 aliphatic rings. The molecule has 0 aliphatic heterocycles. The zero-order valence-electron chi connectivity index (χ0n) is 14.8. The first kappa shape index (κ1) is 20.3. The van der Waals surface area contributed by atoms with Crippen molar-refractivity contribution in [1.29, 1.82) is 0 Å². The van der Waals surface area contributed by atoms with Crippen LogP contribution in [0.1, 0.15) is 103 Å². The van der Waals surface area contributed by atoms with Gasteiger partial charge in [0.05, 0.1) is 0 Å². The summed E-state index contributed by atoms with van der Waals surface area (Å²) >= 11 is 3.98. The predicted molar refractivity (Wildman–Crippen MR) is 101 cm³/mol. The summed E-state index contributed by atoms with van der Waals surface area (Å²) < 4.78 is 5.16. The van der Waals surface area contributed by atoms with Crippen molar-refractivity contribution in [2.24, 2.45) is 0 Å². The molecule has 0 N–H and O–H groups in total. The van der Waals surface area contributed by atoms with E-state index in [1.54, 1.807) is 0 Å². The second kappa shape index (κ2) is 14.8. The van der Waals surface area contributed by atoms with Gasteiger partial charge in [-0.25, -0.2) is 0 Å². The van der Waals surface area contributed by atoms with Crippen molar-refractivity contribution in [3.05, 3.63) is 12.0 Å². The van der Waals surface area contributed by atoms with Crippen molar-refractivity contribution in [1.82, 2.24) is 10.2 Å². The van der Waals surface area contributed by atoms with Crippen molar-refractivity contribution in [2.45, 2.75) is 102 Å². The summed E-state index contributed by atoms with van der Waals surface area (Å²) in [4.78, 5) is 0. The van der Waals surface area contributed by atoms with E-state index in [0.29, 0.717) is 11.1 Å². The number of hydrogen-bond donors (Lipinski definition) is 1. The van der Waals surface area contributed by atoms with Gasteiger partial charge < -0.3 is 4.42 Å². The maximum atomic E-state index is 5.16. The van der Waals surface area contributed by atoms with Crippen molar-refractivity contribution >= 4 is 18.7 Å². The van der Waals surface area contributed by atoms with Gasteiger partial charge in [0, 0.05) is 0 Å². The lowest BCUT2D eigenvalue weighted by atomic mass is 10.0. The summed E-state index contributed by atoms with van der Waals surface area (Å²) in [5, 5.41) is 7.87. The number of unbranched alkanes of at least 4 members (excludes halogenated alkanes) is 13. The Kier molecular flexibility index (Phi) is 13.0. The molecule has 1 heterocycles. The maximum Gasteiger partial charge on any atom is 0.273 e. The third-order valence-electron chi connectivity index (χ3n) is 4.16. The quantitative estimate of drug-likeness (QED) is 0.280. The minimum Gasteiger partial charge on any atom is -0.412 e. The van der Waals surface area contributed by atoms with Gasteiger partial charge in [-0.05, 0) is 18.9 Å². The number of thiol groups is 1. The molecule has 0 amide bonds. The Bertz CT molecular complexity index is 404. The van der Waals surface area contributed by atoms with Gasteiger partial charge in [0.2, 0.25) is 5.89 Å². The van der Waals surface area contributed by atoms with E-state index in [2.05, 4.69) is 35.8 Å². The Balaban J connectivity index is 1.77. The number of allylic oxidation sites excluding steroid dienone is 1. The molecule has 0 spiro atoms. The summed E-state index contributed by atoms with van der Waals surface area (Å²) in [5.74, 6) is 0.546. The molecule has 132 valence electrons. The molecule has 0 radical (unpaired) electrons. The molecule has 4 heteroatoms. The third kappa shape index (κ3) is 12.3. The lowest BCUT2D eigenvalue weighted by molar-refractivity contribution is 0.448. The molecule has 0 aliphatic carbocycles. The van der Waals surface area contributed by atoms with Crippen LogP contribution in [-0.2, 0) is 0 Å². The summed E-state index contributed by atoms with van der Waals surface area (Å²) in [7, 11) is 0. The fourth-order valence-electron chi connectivity index (χ4n) is 2.76. The molecule has 1 rings (SSSR count). The van der Waals surface area contributed by atoms with E-state index in [0.717, 1.165) is 6.42 Å². The zero-order valence-corrected chi connectivity index (χ0v) is 15.7. The van der Waals surface area contributed by atoms with E-state index in [1.165, 1.54) is 83.5 Å². The summed E-state index contributed by atoms with van der Waals surface area (Å²) in [5.41, 5.74) is 0. The highest BCUT2D eigenvalue weighted by molar-refractivity contribution is 7.80. The molecule has 0 fully saturated rings. The van der Waals surface area contributed by atoms with Crippen LogP contribution in [-0.4, -0.2) is 10.2 Å². The molecule has 0 saturated carbocycles. The second-order valence-corrected chi connectivity index (χ2v) is 6.74. The van der Waals surface area contributed by atoms with Gasteiger partial charge in [0.25, 0.3) is 5.22 Å². The van der Waals surface area contributed by atoms with Crippen LogP contribution >= 0.6 is 12.6 Å². The van der Waals surface area contributed by atoms with Crippen LogP contribution in [0.15, 0.2) is 15.7 Å². The fourth-order valence-corrected chi connectivity index (χ4v) is 2.90. The molecule has 0 unspecified atom stereocenters. The van der Waals surface area contributed by atoms with Gasteiger partial charge in [-0.2, -0.15) is 0 Å².